The van der Waals surface area contributed by atoms with Gasteiger partial charge in [0.15, 0.2) is 34.5 Å². The second-order valence-electron chi connectivity index (χ2n) is 20.8. The zero-order valence-corrected chi connectivity index (χ0v) is 42.7. The number of nitrogens with zero attached hydrogens (tertiary/aromatic N) is 2. The second-order valence-corrected chi connectivity index (χ2v) is 20.8. The number of hydrogen-bond donors (Lipinski definition) is 3. The molecule has 5 aliphatic rings. The van der Waals surface area contributed by atoms with Gasteiger partial charge in [0.1, 0.15) is 5.78 Å². The average molecular weight is 930 g/mol. The predicted octanol–water partition coefficient (Wildman–Crippen LogP) is 9.03. The molecule has 3 N–H and O–H groups in total. The van der Waals surface area contributed by atoms with Gasteiger partial charge in [-0.05, 0) is 139 Å². The van der Waals surface area contributed by atoms with Crippen molar-refractivity contribution in [2.24, 2.45) is 35.5 Å². The van der Waals surface area contributed by atoms with E-state index < -0.39 is 0 Å². The van der Waals surface area contributed by atoms with Crippen molar-refractivity contribution in [1.82, 2.24) is 15.1 Å². The number of ether oxygens (including phenoxy) is 6. The van der Waals surface area contributed by atoms with Crippen LogP contribution in [0.5, 0.6) is 34.5 Å². The molecule has 0 aliphatic carbocycles. The summed E-state index contributed by atoms with van der Waals surface area (Å²) in [5.74, 6) is 7.76. The molecule has 3 fully saturated rings. The Labute approximate surface area is 402 Å². The monoisotopic (exact) mass is 930 g/mol. The van der Waals surface area contributed by atoms with E-state index in [0.29, 0.717) is 47.8 Å². The number of carbonyl (C=O) groups is 1. The third kappa shape index (κ3) is 12.8. The molecule has 12 nitrogen and oxygen atoms in total. The molecule has 0 bridgehead atoms. The molecule has 372 valence electrons. The molecule has 8 rings (SSSR count). The van der Waals surface area contributed by atoms with Crippen LogP contribution in [-0.4, -0.2) is 113 Å². The summed E-state index contributed by atoms with van der Waals surface area (Å²) in [6.07, 6.45) is 6.94. The maximum absolute atomic E-state index is 12.6. The van der Waals surface area contributed by atoms with Gasteiger partial charge in [-0.25, -0.2) is 0 Å². The van der Waals surface area contributed by atoms with Crippen molar-refractivity contribution >= 4 is 5.78 Å². The van der Waals surface area contributed by atoms with Gasteiger partial charge in [0, 0.05) is 63.2 Å². The van der Waals surface area contributed by atoms with Crippen LogP contribution in [0, 0.1) is 35.5 Å². The Morgan fingerprint density at radius 2 is 1.06 bits per heavy atom. The van der Waals surface area contributed by atoms with E-state index in [9.17, 15) is 15.0 Å². The van der Waals surface area contributed by atoms with E-state index in [1.165, 1.54) is 22.3 Å². The molecule has 0 radical (unpaired) electrons. The lowest BCUT2D eigenvalue weighted by molar-refractivity contribution is -0.129. The van der Waals surface area contributed by atoms with Crippen LogP contribution >= 0.6 is 0 Å². The Kier molecular flexibility index (Phi) is 18.7. The lowest BCUT2D eigenvalue weighted by Crippen LogP contribution is -2.48. The molecule has 0 saturated carbocycles. The third-order valence-electron chi connectivity index (χ3n) is 14.8. The first kappa shape index (κ1) is 52.3. The van der Waals surface area contributed by atoms with Crippen molar-refractivity contribution in [1.29, 1.82) is 0 Å². The fourth-order valence-corrected chi connectivity index (χ4v) is 11.4. The minimum absolute atomic E-state index is 0.170. The summed E-state index contributed by atoms with van der Waals surface area (Å²) in [6.45, 7) is 18.1. The highest BCUT2D eigenvalue weighted by Gasteiger charge is 2.40. The summed E-state index contributed by atoms with van der Waals surface area (Å²) in [6, 6.07) is 15.0. The van der Waals surface area contributed by atoms with Crippen molar-refractivity contribution in [3.8, 4) is 34.5 Å². The molecule has 0 aromatic heterocycles. The number of fused-ring (bicyclic) bond motifs is 6. The molecule has 0 spiro atoms. The number of methoxy groups -OCH3 is 6. The smallest absolute Gasteiger partial charge is 0.161 e. The molecule has 0 unspecified atom stereocenters. The Balaban J connectivity index is 0.000000166. The molecular formula is C55H83N3O9. The van der Waals surface area contributed by atoms with Crippen molar-refractivity contribution in [3.63, 3.8) is 0 Å². The first-order chi connectivity index (χ1) is 32.1. The summed E-state index contributed by atoms with van der Waals surface area (Å²) in [7, 11) is 9.97. The quantitative estimate of drug-likeness (QED) is 0.151. The maximum atomic E-state index is 12.6. The third-order valence-corrected chi connectivity index (χ3v) is 14.8. The molecular weight excluding hydrogens is 847 g/mol. The topological polar surface area (TPSA) is 131 Å². The van der Waals surface area contributed by atoms with Gasteiger partial charge in [-0.3, -0.25) is 14.6 Å². The maximum Gasteiger partial charge on any atom is 0.161 e. The molecule has 8 atom stereocenters. The van der Waals surface area contributed by atoms with Crippen LogP contribution in [0.15, 0.2) is 42.5 Å². The molecule has 3 aromatic carbocycles. The van der Waals surface area contributed by atoms with E-state index in [1.807, 2.05) is 18.2 Å². The average Bonchev–Trinajstić information content (AvgIpc) is 3.31. The lowest BCUT2D eigenvalue weighted by atomic mass is 9.79. The minimum Gasteiger partial charge on any atom is -0.493 e. The molecule has 5 aliphatic heterocycles. The van der Waals surface area contributed by atoms with Crippen molar-refractivity contribution in [2.45, 2.75) is 123 Å². The van der Waals surface area contributed by atoms with Gasteiger partial charge < -0.3 is 44.0 Å². The number of nitrogens with one attached hydrogen (secondary N) is 1. The van der Waals surface area contributed by atoms with Gasteiger partial charge >= 0.3 is 0 Å². The van der Waals surface area contributed by atoms with Crippen LogP contribution in [0.3, 0.4) is 0 Å². The Morgan fingerprint density at radius 1 is 0.582 bits per heavy atom. The highest BCUT2D eigenvalue weighted by molar-refractivity contribution is 5.83. The first-order valence-corrected chi connectivity index (χ1v) is 24.9. The van der Waals surface area contributed by atoms with E-state index >= 15 is 0 Å². The molecule has 5 heterocycles. The molecule has 0 amide bonds. The number of piperidine rings is 3. The fraction of sp³-hybridized carbons (Fsp3) is 0.655. The van der Waals surface area contributed by atoms with E-state index in [2.05, 4.69) is 80.9 Å². The van der Waals surface area contributed by atoms with Crippen LogP contribution < -0.4 is 33.7 Å². The van der Waals surface area contributed by atoms with Crippen molar-refractivity contribution in [3.05, 3.63) is 70.3 Å². The summed E-state index contributed by atoms with van der Waals surface area (Å²) in [5.41, 5.74) is 6.30. The number of aliphatic hydroxyl groups excluding tert-OH is 2. The first-order valence-electron chi connectivity index (χ1n) is 24.9. The number of hydrogen-bond acceptors (Lipinski definition) is 12. The Bertz CT molecular complexity index is 2070. The number of benzene rings is 3. The lowest BCUT2D eigenvalue weighted by Gasteiger charge is -2.46. The van der Waals surface area contributed by atoms with Crippen molar-refractivity contribution < 1.29 is 43.4 Å². The van der Waals surface area contributed by atoms with Crippen LogP contribution in [0.4, 0.5) is 0 Å². The Morgan fingerprint density at radius 3 is 1.58 bits per heavy atom. The number of ketones is 1. The zero-order chi connectivity index (χ0) is 48.5. The van der Waals surface area contributed by atoms with Gasteiger partial charge in [-0.15, -0.1) is 0 Å². The largest absolute Gasteiger partial charge is 0.493 e. The number of aliphatic hydroxyl groups is 2. The van der Waals surface area contributed by atoms with E-state index in [-0.39, 0.29) is 30.2 Å². The van der Waals surface area contributed by atoms with E-state index in [4.69, 9.17) is 28.4 Å². The van der Waals surface area contributed by atoms with E-state index in [0.717, 1.165) is 118 Å². The summed E-state index contributed by atoms with van der Waals surface area (Å²) in [4.78, 5) is 17.6. The van der Waals surface area contributed by atoms with Gasteiger partial charge in [-0.1, -0.05) is 47.6 Å². The van der Waals surface area contributed by atoms with Crippen LogP contribution in [0.2, 0.25) is 0 Å². The molecule has 12 heteroatoms. The van der Waals surface area contributed by atoms with Crippen molar-refractivity contribution in [2.75, 3.05) is 75.4 Å². The molecule has 67 heavy (non-hydrogen) atoms. The summed E-state index contributed by atoms with van der Waals surface area (Å²) in [5, 5.41) is 24.6. The normalized spacial score (nSPS) is 25.9. The Hall–Kier alpha value is -4.07. The predicted molar refractivity (Wildman–Crippen MR) is 265 cm³/mol. The highest BCUT2D eigenvalue weighted by atomic mass is 16.5. The molecule has 3 saturated heterocycles. The van der Waals surface area contributed by atoms with Gasteiger partial charge in [0.25, 0.3) is 0 Å². The SMILES string of the molecule is COc1cc2c(cc1OC)[C@@H]1CC(=O)[C@@H](CC(C)C)CN1CC2.COc1cc2c(cc1OC)[C@@H]1C[C@H](O)[C@@H](CC(C)C)CN1CC2.COc1ccc([C@@H]2C[C@H](O)[C@@H](CC(C)C)CN2)cc1OC. The second kappa shape index (κ2) is 24.0. The summed E-state index contributed by atoms with van der Waals surface area (Å²) >= 11 is 0. The van der Waals surface area contributed by atoms with Gasteiger partial charge in [0.05, 0.1) is 54.9 Å². The van der Waals surface area contributed by atoms with Gasteiger partial charge in [-0.2, -0.15) is 0 Å². The number of rotatable bonds is 13. The number of Topliss-reactive ketones (excluding diaryl/α,β-unsaturated/α-hetero) is 1. The van der Waals surface area contributed by atoms with Crippen LogP contribution in [0.25, 0.3) is 0 Å². The van der Waals surface area contributed by atoms with Gasteiger partial charge in [0.2, 0.25) is 0 Å². The standard InChI is InChI=1S/C19H29NO3.C19H27NO3.C17H27NO3/c2*1-12(2)7-14-11-20-6-5-13-8-18(22-3)19(23-4)9-15(13)16(20)10-17(14)21;1-11(2)7-13-10-18-14(9-15(13)19)12-5-6-16(20-3)17(8-12)21-4/h8-9,12,14,16-17,21H,5-7,10-11H2,1-4H3;8-9,12,14,16H,5-7,10-11H2,1-4H3;5-6,8,11,13-15,18-19H,7,9-10H2,1-4H3/t14-,16-,17-;14-,16-;13-,14-,15-/m000/s1. The highest BCUT2D eigenvalue weighted by Crippen LogP contribution is 2.45. The minimum atomic E-state index is -0.244. The summed E-state index contributed by atoms with van der Waals surface area (Å²) < 4.78 is 32.4. The van der Waals surface area contributed by atoms with Crippen LogP contribution in [0.1, 0.15) is 126 Å². The van der Waals surface area contributed by atoms with E-state index in [1.54, 1.807) is 42.7 Å². The fourth-order valence-electron chi connectivity index (χ4n) is 11.4. The number of carbonyl (C=O) groups excluding carboxylic acids is 1. The van der Waals surface area contributed by atoms with Crippen LogP contribution in [-0.2, 0) is 17.6 Å². The zero-order valence-electron chi connectivity index (χ0n) is 42.7. The molecule has 3 aromatic rings.